The number of nitrogens with one attached hydrogen (secondary N) is 1. The number of benzene rings is 1. The van der Waals surface area contributed by atoms with Gasteiger partial charge in [-0.15, -0.1) is 0 Å². The van der Waals surface area contributed by atoms with Gasteiger partial charge in [-0.25, -0.2) is 0 Å². The van der Waals surface area contributed by atoms with Gasteiger partial charge in [0.15, 0.2) is 0 Å². The average Bonchev–Trinajstić information content (AvgIpc) is 3.31. The molecule has 0 radical (unpaired) electrons. The third-order valence-electron chi connectivity index (χ3n) is 14.9. The predicted molar refractivity (Wildman–Crippen MR) is 179 cm³/mol. The third kappa shape index (κ3) is 4.41. The maximum atomic E-state index is 13.0. The van der Waals surface area contributed by atoms with Crippen molar-refractivity contribution in [2.75, 3.05) is 5.43 Å². The molecule has 2 unspecified atom stereocenters. The molecule has 9 atom stereocenters. The van der Waals surface area contributed by atoms with E-state index in [1.807, 2.05) is 0 Å². The van der Waals surface area contributed by atoms with E-state index in [1.54, 1.807) is 12.1 Å². The van der Waals surface area contributed by atoms with Crippen molar-refractivity contribution in [2.45, 2.75) is 113 Å². The van der Waals surface area contributed by atoms with Crippen LogP contribution in [0.4, 0.5) is 5.69 Å². The number of nitrogens with zero attached hydrogens (tertiary/aromatic N) is 1. The Labute approximate surface area is 274 Å². The molecule has 1 aromatic carbocycles. The topological polar surface area (TPSA) is 61.7 Å². The summed E-state index contributed by atoms with van der Waals surface area (Å²) in [5.74, 6) is 2.52. The molecule has 0 aliphatic heterocycles. The monoisotopic (exact) mass is 648 g/mol. The van der Waals surface area contributed by atoms with Crippen molar-refractivity contribution in [3.63, 3.8) is 0 Å². The number of rotatable bonds is 4. The fourth-order valence-corrected chi connectivity index (χ4v) is 13.4. The molecule has 238 valence electrons. The van der Waals surface area contributed by atoms with Crippen LogP contribution in [0.3, 0.4) is 0 Å². The molecule has 5 aliphatic carbocycles. The summed E-state index contributed by atoms with van der Waals surface area (Å²) in [6.45, 7) is 17.3. The van der Waals surface area contributed by atoms with Crippen molar-refractivity contribution in [1.82, 2.24) is 0 Å². The molecule has 0 amide bonds. The highest BCUT2D eigenvalue weighted by Crippen LogP contribution is 2.77. The summed E-state index contributed by atoms with van der Waals surface area (Å²) < 4.78 is 0. The number of aliphatic carboxylic acids is 1. The van der Waals surface area contributed by atoms with E-state index in [4.69, 9.17) is 39.9 Å². The highest BCUT2D eigenvalue weighted by Gasteiger charge is 2.72. The molecular formula is C36H51Cl3N2O2. The van der Waals surface area contributed by atoms with E-state index >= 15 is 0 Å². The molecular weight excluding hydrogens is 599 g/mol. The molecule has 5 saturated carbocycles. The van der Waals surface area contributed by atoms with Gasteiger partial charge in [0.2, 0.25) is 0 Å². The molecule has 5 aliphatic rings. The van der Waals surface area contributed by atoms with E-state index in [9.17, 15) is 9.90 Å². The minimum absolute atomic E-state index is 0.0658. The lowest BCUT2D eigenvalue weighted by atomic mass is 9.32. The molecule has 4 nitrogen and oxygen atoms in total. The van der Waals surface area contributed by atoms with Crippen LogP contribution in [-0.2, 0) is 4.79 Å². The average molecular weight is 650 g/mol. The number of fused-ring (bicyclic) bond motifs is 7. The maximum Gasteiger partial charge on any atom is 0.309 e. The minimum Gasteiger partial charge on any atom is -0.481 e. The van der Waals surface area contributed by atoms with Crippen molar-refractivity contribution in [3.05, 3.63) is 27.2 Å². The van der Waals surface area contributed by atoms with Crippen LogP contribution in [0.2, 0.25) is 15.1 Å². The largest absolute Gasteiger partial charge is 0.481 e. The van der Waals surface area contributed by atoms with Crippen molar-refractivity contribution in [1.29, 1.82) is 0 Å². The Morgan fingerprint density at radius 3 is 2.19 bits per heavy atom. The fourth-order valence-electron chi connectivity index (χ4n) is 12.5. The van der Waals surface area contributed by atoms with E-state index in [2.05, 4.69) is 53.9 Å². The first-order valence-corrected chi connectivity index (χ1v) is 17.9. The zero-order valence-electron chi connectivity index (χ0n) is 27.1. The smallest absolute Gasteiger partial charge is 0.309 e. The van der Waals surface area contributed by atoms with Gasteiger partial charge in [0.05, 0.1) is 21.1 Å². The second-order valence-corrected chi connectivity index (χ2v) is 18.0. The van der Waals surface area contributed by atoms with E-state index in [-0.39, 0.29) is 21.7 Å². The van der Waals surface area contributed by atoms with Crippen LogP contribution in [-0.4, -0.2) is 16.8 Å². The quantitative estimate of drug-likeness (QED) is 0.319. The van der Waals surface area contributed by atoms with E-state index < -0.39 is 11.4 Å². The first-order valence-electron chi connectivity index (χ1n) is 16.7. The molecule has 6 rings (SSSR count). The maximum absolute atomic E-state index is 13.0. The fraction of sp³-hybridized carbons (Fsp3) is 0.778. The number of hydrazone groups is 1. The Morgan fingerprint density at radius 1 is 0.884 bits per heavy atom. The van der Waals surface area contributed by atoms with Crippen LogP contribution >= 0.6 is 34.8 Å². The first-order chi connectivity index (χ1) is 20.0. The van der Waals surface area contributed by atoms with Gasteiger partial charge < -0.3 is 5.11 Å². The van der Waals surface area contributed by atoms with Crippen LogP contribution < -0.4 is 5.43 Å². The van der Waals surface area contributed by atoms with Crippen LogP contribution in [0.15, 0.2) is 17.2 Å². The van der Waals surface area contributed by atoms with Gasteiger partial charge in [-0.1, -0.05) is 83.3 Å². The molecule has 5 fully saturated rings. The van der Waals surface area contributed by atoms with Crippen molar-refractivity contribution < 1.29 is 9.90 Å². The molecule has 0 spiro atoms. The summed E-state index contributed by atoms with van der Waals surface area (Å²) in [5, 5.41) is 17.1. The van der Waals surface area contributed by atoms with Crippen LogP contribution in [0.5, 0.6) is 0 Å². The van der Waals surface area contributed by atoms with Gasteiger partial charge in [0, 0.05) is 16.1 Å². The lowest BCUT2D eigenvalue weighted by molar-refractivity contribution is -0.232. The molecule has 0 saturated heterocycles. The second-order valence-electron chi connectivity index (χ2n) is 16.7. The third-order valence-corrected chi connectivity index (χ3v) is 15.7. The van der Waals surface area contributed by atoms with Crippen molar-refractivity contribution in [3.8, 4) is 0 Å². The highest BCUT2D eigenvalue weighted by atomic mass is 35.5. The SMILES string of the molecule is CC(C)[C@@H]1CCC2(C(=O)O)CC[C@]3(C)C(CC[C@@H]4[C@@]5(C)CC/C(=N\Nc6c(Cl)cc(Cl)cc6Cl)C(C)(C)[C@@H]5CC[C@]43C)[C@@H]12. The van der Waals surface area contributed by atoms with Gasteiger partial charge in [0.25, 0.3) is 0 Å². The lowest BCUT2D eigenvalue weighted by Crippen LogP contribution is -2.66. The number of carboxylic acids is 1. The molecule has 0 bridgehead atoms. The summed E-state index contributed by atoms with van der Waals surface area (Å²) in [5.41, 5.74) is 5.03. The lowest BCUT2D eigenvalue weighted by Gasteiger charge is -2.72. The highest BCUT2D eigenvalue weighted by molar-refractivity contribution is 6.41. The number of hydrogen-bond acceptors (Lipinski definition) is 3. The molecule has 0 aromatic heterocycles. The Morgan fingerprint density at radius 2 is 1.56 bits per heavy atom. The van der Waals surface area contributed by atoms with Gasteiger partial charge in [-0.05, 0) is 128 Å². The van der Waals surface area contributed by atoms with E-state index in [0.29, 0.717) is 56.3 Å². The molecule has 43 heavy (non-hydrogen) atoms. The Balaban J connectivity index is 1.31. The van der Waals surface area contributed by atoms with Crippen LogP contribution in [0.1, 0.15) is 113 Å². The predicted octanol–water partition coefficient (Wildman–Crippen LogP) is 11.2. The Bertz CT molecular complexity index is 1320. The summed E-state index contributed by atoms with van der Waals surface area (Å²) in [6.07, 6.45) is 10.7. The van der Waals surface area contributed by atoms with E-state index in [0.717, 1.165) is 38.5 Å². The Hall–Kier alpha value is -0.970. The molecule has 7 heteroatoms. The van der Waals surface area contributed by atoms with Gasteiger partial charge >= 0.3 is 5.97 Å². The number of halogens is 3. The van der Waals surface area contributed by atoms with Crippen molar-refractivity contribution in [2.24, 2.45) is 67.7 Å². The van der Waals surface area contributed by atoms with Crippen LogP contribution in [0.25, 0.3) is 0 Å². The van der Waals surface area contributed by atoms with Gasteiger partial charge in [-0.3, -0.25) is 10.2 Å². The zero-order valence-corrected chi connectivity index (χ0v) is 29.4. The second kappa shape index (κ2) is 10.5. The first kappa shape index (κ1) is 32.0. The standard InChI is InChI=1S/C36H51Cl3N2O2/c1-20(2)22-10-15-36(31(42)43)17-16-34(6)23(29(22)36)8-9-27-33(5)13-12-28(32(3,4)26(33)11-14-35(27,34)7)40-41-30-24(38)18-21(37)19-25(30)39/h18-20,22-23,26-27,29,41H,8-17H2,1-7H3,(H,42,43)/b40-28+/t22-,23?,26-,27+,29+,33-,34+,35+,36?/m0/s1. The molecule has 0 heterocycles. The number of carboxylic acid groups (broad SMARTS) is 1. The number of hydrogen-bond donors (Lipinski definition) is 2. The summed E-state index contributed by atoms with van der Waals surface area (Å²) in [6, 6.07) is 3.39. The zero-order chi connectivity index (χ0) is 31.3. The molecule has 1 aromatic rings. The molecule has 2 N–H and O–H groups in total. The number of anilines is 1. The minimum atomic E-state index is -0.513. The van der Waals surface area contributed by atoms with Gasteiger partial charge in [0.1, 0.15) is 0 Å². The number of carbonyl (C=O) groups is 1. The van der Waals surface area contributed by atoms with Crippen LogP contribution in [0, 0.1) is 62.6 Å². The summed E-state index contributed by atoms with van der Waals surface area (Å²) in [4.78, 5) is 13.0. The summed E-state index contributed by atoms with van der Waals surface area (Å²) in [7, 11) is 0. The van der Waals surface area contributed by atoms with E-state index in [1.165, 1.54) is 31.4 Å². The van der Waals surface area contributed by atoms with Crippen molar-refractivity contribution >= 4 is 52.2 Å². The Kier molecular flexibility index (Phi) is 7.83. The normalized spacial score (nSPS) is 44.3. The van der Waals surface area contributed by atoms with Gasteiger partial charge in [-0.2, -0.15) is 5.10 Å². The summed E-state index contributed by atoms with van der Waals surface area (Å²) >= 11 is 19.1.